The number of nitrogens with zero attached hydrogens (tertiary/aromatic N) is 2. The number of nitrogens with two attached hydrogens (primary N) is 1. The fourth-order valence-electron chi connectivity index (χ4n) is 1.44. The minimum Gasteiger partial charge on any atom is -0.273 e. The second kappa shape index (κ2) is 6.87. The molecular formula is C10H20N4S. The molecule has 1 unspecified atom stereocenters. The summed E-state index contributed by atoms with van der Waals surface area (Å²) in [5, 5.41) is 4.14. The van der Waals surface area contributed by atoms with Crippen LogP contribution in [0.4, 0.5) is 0 Å². The Hall–Kier alpha value is -0.520. The molecule has 0 bridgehead atoms. The van der Waals surface area contributed by atoms with Crippen molar-refractivity contribution in [2.24, 2.45) is 12.9 Å². The van der Waals surface area contributed by atoms with Crippen molar-refractivity contribution in [1.29, 1.82) is 0 Å². The number of nitrogens with one attached hydrogen (secondary N) is 1. The molecule has 0 aromatic carbocycles. The standard InChI is InChI=1S/C10H20N4S/c1-3-15-8-9(13-11)4-5-10-6-7-12-14(10)2/h6-7,9,13H,3-5,8,11H2,1-2H3. The Kier molecular flexibility index (Phi) is 5.75. The van der Waals surface area contributed by atoms with Gasteiger partial charge in [0.25, 0.3) is 0 Å². The third-order valence-electron chi connectivity index (χ3n) is 2.43. The highest BCUT2D eigenvalue weighted by Crippen LogP contribution is 2.08. The lowest BCUT2D eigenvalue weighted by Crippen LogP contribution is -2.37. The van der Waals surface area contributed by atoms with Gasteiger partial charge in [-0.3, -0.25) is 16.0 Å². The maximum atomic E-state index is 5.51. The van der Waals surface area contributed by atoms with Crippen molar-refractivity contribution in [1.82, 2.24) is 15.2 Å². The maximum Gasteiger partial charge on any atom is 0.0492 e. The smallest absolute Gasteiger partial charge is 0.0492 e. The van der Waals surface area contributed by atoms with Crippen molar-refractivity contribution < 1.29 is 0 Å². The highest BCUT2D eigenvalue weighted by atomic mass is 32.2. The van der Waals surface area contributed by atoms with Crippen LogP contribution in [0.5, 0.6) is 0 Å². The highest BCUT2D eigenvalue weighted by Gasteiger charge is 2.07. The van der Waals surface area contributed by atoms with Gasteiger partial charge in [0.05, 0.1) is 0 Å². The summed E-state index contributed by atoms with van der Waals surface area (Å²) in [5.41, 5.74) is 4.13. The van der Waals surface area contributed by atoms with Crippen LogP contribution in [0.3, 0.4) is 0 Å². The van der Waals surface area contributed by atoms with Crippen LogP contribution in [-0.2, 0) is 13.5 Å². The van der Waals surface area contributed by atoms with Gasteiger partial charge in [0.15, 0.2) is 0 Å². The van der Waals surface area contributed by atoms with Crippen molar-refractivity contribution in [3.63, 3.8) is 0 Å². The third-order valence-corrected chi connectivity index (χ3v) is 3.48. The number of hydrogen-bond donors (Lipinski definition) is 2. The molecule has 86 valence electrons. The highest BCUT2D eigenvalue weighted by molar-refractivity contribution is 7.99. The van der Waals surface area contributed by atoms with Crippen molar-refractivity contribution in [3.8, 4) is 0 Å². The van der Waals surface area contributed by atoms with Crippen LogP contribution in [0, 0.1) is 0 Å². The maximum absolute atomic E-state index is 5.51. The second-order valence-corrected chi connectivity index (χ2v) is 4.83. The molecule has 5 heteroatoms. The zero-order valence-corrected chi connectivity index (χ0v) is 10.3. The molecule has 0 aliphatic rings. The molecule has 0 aliphatic carbocycles. The molecule has 4 nitrogen and oxygen atoms in total. The van der Waals surface area contributed by atoms with Gasteiger partial charge in [0.1, 0.15) is 0 Å². The molecule has 0 spiro atoms. The van der Waals surface area contributed by atoms with Crippen molar-refractivity contribution in [3.05, 3.63) is 18.0 Å². The summed E-state index contributed by atoms with van der Waals surface area (Å²) >= 11 is 1.92. The molecule has 1 aromatic heterocycles. The first-order chi connectivity index (χ1) is 7.27. The van der Waals surface area contributed by atoms with Crippen LogP contribution in [0.1, 0.15) is 19.0 Å². The number of rotatable bonds is 7. The van der Waals surface area contributed by atoms with Gasteiger partial charge in [-0.2, -0.15) is 16.9 Å². The predicted molar refractivity (Wildman–Crippen MR) is 65.6 cm³/mol. The Bertz CT molecular complexity index is 274. The van der Waals surface area contributed by atoms with E-state index in [0.29, 0.717) is 6.04 Å². The van der Waals surface area contributed by atoms with E-state index >= 15 is 0 Å². The quantitative estimate of drug-likeness (QED) is 0.538. The van der Waals surface area contributed by atoms with Crippen LogP contribution in [0.2, 0.25) is 0 Å². The van der Waals surface area contributed by atoms with E-state index < -0.39 is 0 Å². The molecule has 0 aliphatic heterocycles. The van der Waals surface area contributed by atoms with Gasteiger partial charge < -0.3 is 0 Å². The molecule has 0 saturated heterocycles. The molecule has 0 radical (unpaired) electrons. The normalized spacial score (nSPS) is 13.0. The summed E-state index contributed by atoms with van der Waals surface area (Å²) in [4.78, 5) is 0. The predicted octanol–water partition coefficient (Wildman–Crippen LogP) is 0.938. The molecule has 15 heavy (non-hydrogen) atoms. The first kappa shape index (κ1) is 12.5. The summed E-state index contributed by atoms with van der Waals surface area (Å²) in [6, 6.07) is 2.45. The van der Waals surface area contributed by atoms with E-state index in [1.54, 1.807) is 0 Å². The Morgan fingerprint density at radius 3 is 3.00 bits per heavy atom. The molecule has 1 rings (SSSR count). The lowest BCUT2D eigenvalue weighted by atomic mass is 10.1. The number of aromatic nitrogens is 2. The fourth-order valence-corrected chi connectivity index (χ4v) is 2.23. The number of thioether (sulfide) groups is 1. The van der Waals surface area contributed by atoms with E-state index in [-0.39, 0.29) is 0 Å². The van der Waals surface area contributed by atoms with Crippen molar-refractivity contribution in [2.45, 2.75) is 25.8 Å². The topological polar surface area (TPSA) is 55.9 Å². The van der Waals surface area contributed by atoms with Crippen LogP contribution >= 0.6 is 11.8 Å². The van der Waals surface area contributed by atoms with Gasteiger partial charge in [0.2, 0.25) is 0 Å². The van der Waals surface area contributed by atoms with E-state index in [0.717, 1.165) is 24.3 Å². The average molecular weight is 228 g/mol. The summed E-state index contributed by atoms with van der Waals surface area (Å²) in [7, 11) is 1.97. The molecule has 0 amide bonds. The van der Waals surface area contributed by atoms with E-state index in [2.05, 4.69) is 23.5 Å². The minimum atomic E-state index is 0.393. The van der Waals surface area contributed by atoms with E-state index in [1.807, 2.05) is 29.7 Å². The molecule has 1 heterocycles. The van der Waals surface area contributed by atoms with Crippen molar-refractivity contribution >= 4 is 11.8 Å². The molecule has 1 aromatic rings. The molecule has 0 fully saturated rings. The SMILES string of the molecule is CCSCC(CCc1ccnn1C)NN. The Balaban J connectivity index is 2.31. The first-order valence-electron chi connectivity index (χ1n) is 5.28. The fraction of sp³-hybridized carbons (Fsp3) is 0.700. The lowest BCUT2D eigenvalue weighted by molar-refractivity contribution is 0.528. The van der Waals surface area contributed by atoms with Gasteiger partial charge >= 0.3 is 0 Å². The number of hydrazine groups is 1. The summed E-state index contributed by atoms with van der Waals surface area (Å²) in [6.45, 7) is 2.17. The lowest BCUT2D eigenvalue weighted by Gasteiger charge is -2.14. The zero-order chi connectivity index (χ0) is 11.1. The molecule has 1 atom stereocenters. The average Bonchev–Trinajstić information content (AvgIpc) is 2.65. The van der Waals surface area contributed by atoms with Gasteiger partial charge in [-0.1, -0.05) is 6.92 Å². The molecular weight excluding hydrogens is 208 g/mol. The Morgan fingerprint density at radius 1 is 1.67 bits per heavy atom. The van der Waals surface area contributed by atoms with Gasteiger partial charge in [0, 0.05) is 30.7 Å². The second-order valence-electron chi connectivity index (χ2n) is 3.51. The number of aryl methyl sites for hydroxylation is 2. The van der Waals surface area contributed by atoms with Gasteiger partial charge in [-0.25, -0.2) is 0 Å². The van der Waals surface area contributed by atoms with E-state index in [9.17, 15) is 0 Å². The van der Waals surface area contributed by atoms with Crippen molar-refractivity contribution in [2.75, 3.05) is 11.5 Å². The van der Waals surface area contributed by atoms with E-state index in [1.165, 1.54) is 5.69 Å². The van der Waals surface area contributed by atoms with Gasteiger partial charge in [-0.05, 0) is 24.7 Å². The summed E-state index contributed by atoms with van der Waals surface area (Å²) in [6.07, 6.45) is 3.92. The Morgan fingerprint density at radius 2 is 2.47 bits per heavy atom. The van der Waals surface area contributed by atoms with Crippen LogP contribution < -0.4 is 11.3 Å². The third kappa shape index (κ3) is 4.24. The monoisotopic (exact) mass is 228 g/mol. The molecule has 3 N–H and O–H groups in total. The Labute approximate surface area is 95.6 Å². The first-order valence-corrected chi connectivity index (χ1v) is 6.44. The van der Waals surface area contributed by atoms with Crippen LogP contribution in [0.15, 0.2) is 12.3 Å². The molecule has 0 saturated carbocycles. The van der Waals surface area contributed by atoms with Crippen LogP contribution in [0.25, 0.3) is 0 Å². The van der Waals surface area contributed by atoms with E-state index in [4.69, 9.17) is 5.84 Å². The number of hydrogen-bond acceptors (Lipinski definition) is 4. The minimum absolute atomic E-state index is 0.393. The van der Waals surface area contributed by atoms with Gasteiger partial charge in [-0.15, -0.1) is 0 Å². The van der Waals surface area contributed by atoms with Crippen LogP contribution in [-0.4, -0.2) is 27.3 Å². The summed E-state index contributed by atoms with van der Waals surface area (Å²) in [5.74, 6) is 7.72. The largest absolute Gasteiger partial charge is 0.273 e. The summed E-state index contributed by atoms with van der Waals surface area (Å²) < 4.78 is 1.92. The zero-order valence-electron chi connectivity index (χ0n) is 9.44.